The molecule has 0 aromatic carbocycles. The molecule has 0 aromatic heterocycles. The van der Waals surface area contributed by atoms with Gasteiger partial charge in [0.05, 0.1) is 0 Å². The van der Waals surface area contributed by atoms with E-state index in [0.717, 1.165) is 0 Å². The molecule has 0 saturated heterocycles. The summed E-state index contributed by atoms with van der Waals surface area (Å²) in [6.07, 6.45) is -27.2. The van der Waals surface area contributed by atoms with Gasteiger partial charge < -0.3 is 9.84 Å². The van der Waals surface area contributed by atoms with Crippen LogP contribution in [-0.2, 0) is 14.3 Å². The summed E-state index contributed by atoms with van der Waals surface area (Å²) in [6.45, 7) is -3.33. The molecule has 25 heavy (non-hydrogen) atoms. The quantitative estimate of drug-likeness (QED) is 0.651. The first-order valence-corrected chi connectivity index (χ1v) is 5.14. The normalized spacial score (nSPS) is 17.3. The van der Waals surface area contributed by atoms with Crippen molar-refractivity contribution >= 4 is 5.97 Å². The van der Waals surface area contributed by atoms with Crippen molar-refractivity contribution in [3.8, 4) is 0 Å². The van der Waals surface area contributed by atoms with Crippen LogP contribution >= 0.6 is 0 Å². The van der Waals surface area contributed by atoms with Crippen LogP contribution in [0.2, 0.25) is 0 Å². The zero-order valence-corrected chi connectivity index (χ0v) is 10.8. The van der Waals surface area contributed by atoms with Gasteiger partial charge in [0.1, 0.15) is 6.61 Å². The minimum atomic E-state index is -7.36. The maximum absolute atomic E-state index is 13.3. The smallest absolute Gasteiger partial charge is 0.458 e. The molecule has 0 heterocycles. The van der Waals surface area contributed by atoms with E-state index in [1.54, 1.807) is 4.74 Å². The number of hydrogen-bond donors (Lipinski definition) is 1. The minimum Gasteiger partial charge on any atom is -0.477 e. The molecule has 150 valence electrons. The van der Waals surface area contributed by atoms with E-state index in [4.69, 9.17) is 5.11 Å². The van der Waals surface area contributed by atoms with E-state index in [0.29, 0.717) is 0 Å². The lowest BCUT2D eigenvalue weighted by Crippen LogP contribution is -2.64. The van der Waals surface area contributed by atoms with Crippen LogP contribution in [0.25, 0.3) is 0 Å². The lowest BCUT2D eigenvalue weighted by Gasteiger charge is -2.37. The highest BCUT2D eigenvalue weighted by molar-refractivity contribution is 5.76. The van der Waals surface area contributed by atoms with E-state index in [1.807, 2.05) is 0 Å². The van der Waals surface area contributed by atoms with Gasteiger partial charge >= 0.3 is 42.3 Å². The number of halogens is 13. The number of carboxylic acids is 1. The third kappa shape index (κ3) is 4.77. The van der Waals surface area contributed by atoms with Crippen molar-refractivity contribution in [2.45, 2.75) is 36.3 Å². The predicted molar refractivity (Wildman–Crippen MR) is 45.5 cm³/mol. The summed E-state index contributed by atoms with van der Waals surface area (Å²) < 4.78 is 165. The molecule has 0 rings (SSSR count). The molecule has 1 N–H and O–H groups in total. The third-order valence-corrected chi connectivity index (χ3v) is 2.06. The average Bonchev–Trinajstić information content (AvgIpc) is 2.33. The van der Waals surface area contributed by atoms with Crippen LogP contribution < -0.4 is 0 Å². The lowest BCUT2D eigenvalue weighted by atomic mass is 10.2. The van der Waals surface area contributed by atoms with E-state index in [2.05, 4.69) is 4.74 Å². The van der Waals surface area contributed by atoms with E-state index < -0.39 is 48.9 Å². The topological polar surface area (TPSA) is 55.8 Å². The Morgan fingerprint density at radius 2 is 1.16 bits per heavy atom. The van der Waals surface area contributed by atoms with E-state index in [9.17, 15) is 61.9 Å². The van der Waals surface area contributed by atoms with Gasteiger partial charge in [-0.15, -0.1) is 0 Å². The van der Waals surface area contributed by atoms with Gasteiger partial charge in [0.2, 0.25) is 0 Å². The number of ether oxygens (including phenoxy) is 2. The summed E-state index contributed by atoms with van der Waals surface area (Å²) in [5, 5.41) is 7.71. The zero-order chi connectivity index (χ0) is 20.7. The average molecular weight is 410 g/mol. The fourth-order valence-electron chi connectivity index (χ4n) is 0.913. The second-order valence-electron chi connectivity index (χ2n) is 4.01. The van der Waals surface area contributed by atoms with Crippen molar-refractivity contribution in [2.24, 2.45) is 0 Å². The summed E-state index contributed by atoms with van der Waals surface area (Å²) in [5.41, 5.74) is 0. The molecule has 0 bridgehead atoms. The van der Waals surface area contributed by atoms with Crippen LogP contribution in [0.3, 0.4) is 0 Å². The maximum Gasteiger partial charge on any atom is 0.458 e. The van der Waals surface area contributed by atoms with Gasteiger partial charge in [0, 0.05) is 0 Å². The first-order chi connectivity index (χ1) is 10.6. The van der Waals surface area contributed by atoms with Crippen molar-refractivity contribution in [2.75, 3.05) is 6.61 Å². The Kier molecular flexibility index (Phi) is 5.94. The van der Waals surface area contributed by atoms with Gasteiger partial charge in [0.25, 0.3) is 0 Å². The molecule has 0 spiro atoms. The number of carbonyl (C=O) groups is 1. The Hall–Kier alpha value is -1.52. The lowest BCUT2D eigenvalue weighted by molar-refractivity contribution is -0.518. The molecule has 0 aliphatic rings. The Balaban J connectivity index is 5.97. The molecule has 0 aliphatic carbocycles. The van der Waals surface area contributed by atoms with E-state index in [1.165, 1.54) is 0 Å². The predicted octanol–water partition coefficient (Wildman–Crippen LogP) is 3.72. The largest absolute Gasteiger partial charge is 0.477 e. The molecule has 4 nitrogen and oxygen atoms in total. The SMILES string of the molecule is O=C(O)C(F)(F)C(F)(F)OC(F)(C(F)(F)F)C(F)(F)OCC(F)(F)F. The maximum atomic E-state index is 13.3. The Bertz CT molecular complexity index is 495. The van der Waals surface area contributed by atoms with Gasteiger partial charge in [-0.3, -0.25) is 4.74 Å². The number of alkyl halides is 13. The van der Waals surface area contributed by atoms with Crippen LogP contribution in [-0.4, -0.2) is 54.0 Å². The molecular formula is C8H3F13O4. The van der Waals surface area contributed by atoms with Crippen molar-refractivity contribution in [1.29, 1.82) is 0 Å². The highest BCUT2D eigenvalue weighted by atomic mass is 19.4. The summed E-state index contributed by atoms with van der Waals surface area (Å²) in [4.78, 5) is 9.83. The molecule has 1 atom stereocenters. The van der Waals surface area contributed by atoms with Gasteiger partial charge in [-0.1, -0.05) is 0 Å². The molecule has 0 saturated carbocycles. The zero-order valence-electron chi connectivity index (χ0n) is 10.8. The third-order valence-electron chi connectivity index (χ3n) is 2.06. The van der Waals surface area contributed by atoms with Crippen LogP contribution in [0.1, 0.15) is 0 Å². The van der Waals surface area contributed by atoms with Gasteiger partial charge in [-0.05, 0) is 0 Å². The van der Waals surface area contributed by atoms with Crippen molar-refractivity contribution < 1.29 is 76.5 Å². The molecule has 17 heteroatoms. The highest BCUT2D eigenvalue weighted by Gasteiger charge is 2.81. The Labute approximate surface area is 127 Å². The fraction of sp³-hybridized carbons (Fsp3) is 0.875. The first kappa shape index (κ1) is 23.5. The van der Waals surface area contributed by atoms with Crippen molar-refractivity contribution in [1.82, 2.24) is 0 Å². The Morgan fingerprint density at radius 1 is 0.760 bits per heavy atom. The molecule has 0 fully saturated rings. The van der Waals surface area contributed by atoms with Crippen molar-refractivity contribution in [3.05, 3.63) is 0 Å². The molecule has 0 radical (unpaired) electrons. The first-order valence-electron chi connectivity index (χ1n) is 5.14. The molecule has 0 amide bonds. The second kappa shape index (κ2) is 6.33. The minimum absolute atomic E-state index is 1.65. The van der Waals surface area contributed by atoms with Crippen LogP contribution in [0, 0.1) is 0 Å². The van der Waals surface area contributed by atoms with Gasteiger partial charge in [-0.2, -0.15) is 57.1 Å². The summed E-state index contributed by atoms with van der Waals surface area (Å²) in [7, 11) is 0. The van der Waals surface area contributed by atoms with Crippen LogP contribution in [0.4, 0.5) is 57.1 Å². The number of carboxylic acid groups (broad SMARTS) is 1. The van der Waals surface area contributed by atoms with E-state index in [-0.39, 0.29) is 0 Å². The standard InChI is InChI=1S/C8H3F13O4/c9-3(10,11)1-24-8(20,21)5(14,6(15,16)17)25-7(18,19)4(12,13)2(22)23/h1H2,(H,22,23). The number of rotatable bonds is 7. The van der Waals surface area contributed by atoms with Crippen LogP contribution in [0.5, 0.6) is 0 Å². The summed E-state index contributed by atoms with van der Waals surface area (Å²) in [5.74, 6) is -17.9. The molecular weight excluding hydrogens is 407 g/mol. The van der Waals surface area contributed by atoms with Gasteiger partial charge in [-0.25, -0.2) is 4.79 Å². The fourth-order valence-corrected chi connectivity index (χ4v) is 0.913. The monoisotopic (exact) mass is 410 g/mol. The van der Waals surface area contributed by atoms with Gasteiger partial charge in [0.15, 0.2) is 0 Å². The summed E-state index contributed by atoms with van der Waals surface area (Å²) >= 11 is 0. The van der Waals surface area contributed by atoms with E-state index >= 15 is 0 Å². The number of aliphatic carboxylic acids is 1. The molecule has 0 aromatic rings. The second-order valence-corrected chi connectivity index (χ2v) is 4.01. The summed E-state index contributed by atoms with van der Waals surface area (Å²) in [6, 6.07) is 0. The molecule has 1 unspecified atom stereocenters. The molecule has 0 aliphatic heterocycles. The van der Waals surface area contributed by atoms with Crippen molar-refractivity contribution in [3.63, 3.8) is 0 Å². The van der Waals surface area contributed by atoms with Crippen LogP contribution in [0.15, 0.2) is 0 Å². The Morgan fingerprint density at radius 3 is 1.44 bits per heavy atom. The number of hydrogen-bond acceptors (Lipinski definition) is 3. The highest BCUT2D eigenvalue weighted by Crippen LogP contribution is 2.52.